The zero-order valence-electron chi connectivity index (χ0n) is 16.4. The van der Waals surface area contributed by atoms with Gasteiger partial charge in [-0.1, -0.05) is 36.4 Å². The molecule has 1 aliphatic rings. The van der Waals surface area contributed by atoms with Crippen LogP contribution >= 0.6 is 0 Å². The molecule has 31 heavy (non-hydrogen) atoms. The number of aliphatic hydroxyl groups is 1. The minimum Gasteiger partial charge on any atom is -0.507 e. The molecule has 0 radical (unpaired) electrons. The summed E-state index contributed by atoms with van der Waals surface area (Å²) in [4.78, 5) is 27.0. The van der Waals surface area contributed by atoms with Crippen LogP contribution in [-0.2, 0) is 9.59 Å². The Bertz CT molecular complexity index is 1220. The average Bonchev–Trinajstić information content (AvgIpc) is 3.04. The van der Waals surface area contributed by atoms with Gasteiger partial charge in [0.15, 0.2) is 0 Å². The summed E-state index contributed by atoms with van der Waals surface area (Å²) in [6, 6.07) is 15.8. The molecule has 3 aromatic rings. The van der Waals surface area contributed by atoms with Gasteiger partial charge >= 0.3 is 0 Å². The normalized spacial score (nSPS) is 17.8. The van der Waals surface area contributed by atoms with E-state index in [1.807, 2.05) is 0 Å². The highest BCUT2D eigenvalue weighted by Crippen LogP contribution is 2.43. The van der Waals surface area contributed by atoms with Gasteiger partial charge in [0.1, 0.15) is 23.1 Å². The minimum atomic E-state index is -1.30. The van der Waals surface area contributed by atoms with E-state index >= 15 is 0 Å². The van der Waals surface area contributed by atoms with Crippen LogP contribution in [0.15, 0.2) is 78.4 Å². The molecule has 1 saturated heterocycles. The minimum absolute atomic E-state index is 0.0117. The number of carbonyl (C=O) groups is 2. The summed E-state index contributed by atoms with van der Waals surface area (Å²) in [5, 5.41) is 11.1. The summed E-state index contributed by atoms with van der Waals surface area (Å²) in [5.41, 5.74) is -0.0933. The van der Waals surface area contributed by atoms with Gasteiger partial charge in [-0.2, -0.15) is 0 Å². The van der Waals surface area contributed by atoms with Crippen molar-refractivity contribution >= 4 is 23.1 Å². The van der Waals surface area contributed by atoms with Crippen LogP contribution in [0.25, 0.3) is 5.76 Å². The van der Waals surface area contributed by atoms with Crippen LogP contribution in [0, 0.1) is 11.6 Å². The predicted octanol–water partition coefficient (Wildman–Crippen LogP) is 4.60. The molecule has 1 unspecified atom stereocenters. The standard InChI is InChI=1S/C24H17F2NO4/c1-31-19-12-5-3-10-17(19)22(28)20-21(16-9-2-4-11-18(16)26)27(24(30)23(20)29)15-8-6-7-14(25)13-15/h2-13,21,28H,1H3/b22-20+. The molecule has 0 saturated carbocycles. The Balaban J connectivity index is 2.01. The number of para-hydroxylation sites is 1. The first-order valence-corrected chi connectivity index (χ1v) is 9.38. The summed E-state index contributed by atoms with van der Waals surface area (Å²) < 4.78 is 33.9. The van der Waals surface area contributed by atoms with E-state index in [0.29, 0.717) is 0 Å². The van der Waals surface area contributed by atoms with E-state index < -0.39 is 35.1 Å². The van der Waals surface area contributed by atoms with Crippen molar-refractivity contribution in [1.82, 2.24) is 0 Å². The van der Waals surface area contributed by atoms with Crippen molar-refractivity contribution < 1.29 is 28.2 Å². The van der Waals surface area contributed by atoms with E-state index in [1.54, 1.807) is 24.3 Å². The van der Waals surface area contributed by atoms with Crippen LogP contribution in [0.2, 0.25) is 0 Å². The fraction of sp³-hybridized carbons (Fsp3) is 0.0833. The number of carbonyl (C=O) groups excluding carboxylic acids is 2. The fourth-order valence-corrected chi connectivity index (χ4v) is 3.70. The third kappa shape index (κ3) is 3.44. The first-order chi connectivity index (χ1) is 14.9. The molecule has 1 N–H and O–H groups in total. The van der Waals surface area contributed by atoms with Gasteiger partial charge < -0.3 is 9.84 Å². The van der Waals surface area contributed by atoms with Crippen molar-refractivity contribution in [3.63, 3.8) is 0 Å². The molecule has 156 valence electrons. The third-order valence-electron chi connectivity index (χ3n) is 5.09. The number of aliphatic hydroxyl groups excluding tert-OH is 1. The molecule has 0 bridgehead atoms. The maximum Gasteiger partial charge on any atom is 0.300 e. The van der Waals surface area contributed by atoms with Gasteiger partial charge in [-0.3, -0.25) is 14.5 Å². The highest BCUT2D eigenvalue weighted by molar-refractivity contribution is 6.51. The molecule has 5 nitrogen and oxygen atoms in total. The molecule has 1 heterocycles. The Kier molecular flexibility index (Phi) is 5.25. The maximum absolute atomic E-state index is 14.8. The number of anilines is 1. The zero-order valence-corrected chi connectivity index (χ0v) is 16.4. The highest BCUT2D eigenvalue weighted by Gasteiger charge is 2.48. The lowest BCUT2D eigenvalue weighted by Crippen LogP contribution is -2.30. The lowest BCUT2D eigenvalue weighted by Gasteiger charge is -2.25. The molecule has 0 aromatic heterocycles. The predicted molar refractivity (Wildman–Crippen MR) is 111 cm³/mol. The molecule has 1 fully saturated rings. The summed E-state index contributed by atoms with van der Waals surface area (Å²) in [6.45, 7) is 0. The number of halogens is 2. The number of hydrogen-bond acceptors (Lipinski definition) is 4. The molecule has 7 heteroatoms. The van der Waals surface area contributed by atoms with Crippen molar-refractivity contribution in [2.75, 3.05) is 12.0 Å². The van der Waals surface area contributed by atoms with Gasteiger partial charge in [0.05, 0.1) is 24.3 Å². The molecular weight excluding hydrogens is 404 g/mol. The SMILES string of the molecule is COc1ccccc1/C(O)=C1\C(=O)C(=O)N(c2cccc(F)c2)C1c1ccccc1F. The Morgan fingerprint density at radius 3 is 2.39 bits per heavy atom. The lowest BCUT2D eigenvalue weighted by atomic mass is 9.94. The lowest BCUT2D eigenvalue weighted by molar-refractivity contribution is -0.132. The number of hydrogen-bond donors (Lipinski definition) is 1. The molecule has 1 atom stereocenters. The van der Waals surface area contributed by atoms with Crippen molar-refractivity contribution in [1.29, 1.82) is 0 Å². The van der Waals surface area contributed by atoms with Crippen LogP contribution in [0.1, 0.15) is 17.2 Å². The van der Waals surface area contributed by atoms with Crippen LogP contribution in [0.3, 0.4) is 0 Å². The Morgan fingerprint density at radius 1 is 0.968 bits per heavy atom. The number of benzene rings is 3. The maximum atomic E-state index is 14.8. The summed E-state index contributed by atoms with van der Waals surface area (Å²) >= 11 is 0. The molecule has 1 aliphatic heterocycles. The first-order valence-electron chi connectivity index (χ1n) is 9.38. The Labute approximate surface area is 176 Å². The monoisotopic (exact) mass is 421 g/mol. The van der Waals surface area contributed by atoms with Crippen LogP contribution in [0.5, 0.6) is 5.75 Å². The van der Waals surface area contributed by atoms with Gasteiger partial charge in [-0.05, 0) is 36.4 Å². The second-order valence-electron chi connectivity index (χ2n) is 6.87. The van der Waals surface area contributed by atoms with Crippen molar-refractivity contribution in [2.24, 2.45) is 0 Å². The van der Waals surface area contributed by atoms with Crippen molar-refractivity contribution in [2.45, 2.75) is 6.04 Å². The number of amides is 1. The fourth-order valence-electron chi connectivity index (χ4n) is 3.70. The smallest absolute Gasteiger partial charge is 0.300 e. The quantitative estimate of drug-likeness (QED) is 0.380. The van der Waals surface area contributed by atoms with Gasteiger partial charge in [0.2, 0.25) is 0 Å². The number of ether oxygens (including phenoxy) is 1. The number of nitrogens with zero attached hydrogens (tertiary/aromatic N) is 1. The highest BCUT2D eigenvalue weighted by atomic mass is 19.1. The Morgan fingerprint density at radius 2 is 1.68 bits per heavy atom. The topological polar surface area (TPSA) is 66.8 Å². The number of methoxy groups -OCH3 is 1. The molecule has 0 aliphatic carbocycles. The molecule has 3 aromatic carbocycles. The number of Topliss-reactive ketones (excluding diaryl/α,β-unsaturated/α-hetero) is 1. The van der Waals surface area contributed by atoms with E-state index in [9.17, 15) is 23.5 Å². The second kappa shape index (κ2) is 8.02. The van der Waals surface area contributed by atoms with E-state index in [1.165, 1.54) is 49.6 Å². The van der Waals surface area contributed by atoms with Crippen molar-refractivity contribution in [3.8, 4) is 5.75 Å². The molecule has 4 rings (SSSR count). The zero-order chi connectivity index (χ0) is 22.1. The van der Waals surface area contributed by atoms with E-state index in [2.05, 4.69) is 0 Å². The van der Waals surface area contributed by atoms with Crippen LogP contribution in [0.4, 0.5) is 14.5 Å². The van der Waals surface area contributed by atoms with Gasteiger partial charge in [0, 0.05) is 11.3 Å². The molecule has 1 amide bonds. The van der Waals surface area contributed by atoms with Gasteiger partial charge in [0.25, 0.3) is 11.7 Å². The van der Waals surface area contributed by atoms with Crippen LogP contribution in [-0.4, -0.2) is 23.9 Å². The Hall–Kier alpha value is -4.00. The first kappa shape index (κ1) is 20.3. The third-order valence-corrected chi connectivity index (χ3v) is 5.09. The largest absolute Gasteiger partial charge is 0.507 e. The summed E-state index contributed by atoms with van der Waals surface area (Å²) in [6.07, 6.45) is 0. The number of ketones is 1. The summed E-state index contributed by atoms with van der Waals surface area (Å²) in [5.74, 6) is -3.57. The van der Waals surface area contributed by atoms with E-state index in [-0.39, 0.29) is 28.1 Å². The van der Waals surface area contributed by atoms with E-state index in [4.69, 9.17) is 4.74 Å². The molecule has 0 spiro atoms. The molecular formula is C24H17F2NO4. The van der Waals surface area contributed by atoms with Gasteiger partial charge in [-0.25, -0.2) is 8.78 Å². The second-order valence-corrected chi connectivity index (χ2v) is 6.87. The average molecular weight is 421 g/mol. The van der Waals surface area contributed by atoms with Crippen molar-refractivity contribution in [3.05, 3.63) is 101 Å². The number of rotatable bonds is 4. The summed E-state index contributed by atoms with van der Waals surface area (Å²) in [7, 11) is 1.39. The van der Waals surface area contributed by atoms with E-state index in [0.717, 1.165) is 11.0 Å². The van der Waals surface area contributed by atoms with Crippen LogP contribution < -0.4 is 9.64 Å². The van der Waals surface area contributed by atoms with Gasteiger partial charge in [-0.15, -0.1) is 0 Å².